The van der Waals surface area contributed by atoms with Crippen LogP contribution in [-0.4, -0.2) is 23.7 Å². The van der Waals surface area contributed by atoms with Crippen molar-refractivity contribution in [1.29, 1.82) is 0 Å². The summed E-state index contributed by atoms with van der Waals surface area (Å²) >= 11 is 3.41. The highest BCUT2D eigenvalue weighted by Gasteiger charge is 2.32. The summed E-state index contributed by atoms with van der Waals surface area (Å²) in [4.78, 5) is 22.5. The third kappa shape index (κ3) is 5.33. The highest BCUT2D eigenvalue weighted by Crippen LogP contribution is 2.30. The summed E-state index contributed by atoms with van der Waals surface area (Å²) in [6.45, 7) is 6.42. The van der Waals surface area contributed by atoms with Crippen molar-refractivity contribution in [3.63, 3.8) is 0 Å². The molecule has 22 heavy (non-hydrogen) atoms. The zero-order chi connectivity index (χ0) is 16.8. The Morgan fingerprint density at radius 3 is 2.36 bits per heavy atom. The molecular formula is C16H23BrN2O3. The molecule has 122 valence electrons. The van der Waals surface area contributed by atoms with Crippen LogP contribution in [0.2, 0.25) is 0 Å². The fourth-order valence-corrected chi connectivity index (χ4v) is 2.33. The van der Waals surface area contributed by atoms with Gasteiger partial charge in [0.1, 0.15) is 0 Å². The zero-order valence-electron chi connectivity index (χ0n) is 13.1. The van der Waals surface area contributed by atoms with Crippen LogP contribution in [0.4, 0.5) is 4.79 Å². The van der Waals surface area contributed by atoms with Crippen LogP contribution in [0.1, 0.15) is 39.2 Å². The second-order valence-electron chi connectivity index (χ2n) is 5.74. The zero-order valence-corrected chi connectivity index (χ0v) is 14.7. The average molecular weight is 371 g/mol. The number of carbonyl (C=O) groups is 2. The Kier molecular flexibility index (Phi) is 6.87. The van der Waals surface area contributed by atoms with Crippen molar-refractivity contribution in [2.75, 3.05) is 6.54 Å². The minimum atomic E-state index is -0.857. The second kappa shape index (κ2) is 8.17. The molecule has 0 aliphatic carbocycles. The molecule has 1 rings (SSSR count). The van der Waals surface area contributed by atoms with Gasteiger partial charge in [-0.15, -0.1) is 0 Å². The summed E-state index contributed by atoms with van der Waals surface area (Å²) in [5.41, 5.74) is 0.517. The van der Waals surface area contributed by atoms with Crippen LogP contribution in [0.15, 0.2) is 28.7 Å². The summed E-state index contributed by atoms with van der Waals surface area (Å²) in [7, 11) is 0. The maximum atomic E-state index is 12.1. The van der Waals surface area contributed by atoms with E-state index in [1.54, 1.807) is 0 Å². The highest BCUT2D eigenvalue weighted by atomic mass is 79.9. The summed E-state index contributed by atoms with van der Waals surface area (Å²) < 4.78 is 0.987. The van der Waals surface area contributed by atoms with Gasteiger partial charge >= 0.3 is 12.0 Å². The van der Waals surface area contributed by atoms with Gasteiger partial charge in [-0.2, -0.15) is 0 Å². The van der Waals surface area contributed by atoms with E-state index >= 15 is 0 Å². The first-order valence-electron chi connectivity index (χ1n) is 7.29. The van der Waals surface area contributed by atoms with Gasteiger partial charge in [0, 0.05) is 17.4 Å². The third-order valence-corrected chi connectivity index (χ3v) is 4.35. The van der Waals surface area contributed by atoms with Crippen LogP contribution in [0.25, 0.3) is 0 Å². The van der Waals surface area contributed by atoms with Crippen LogP contribution in [-0.2, 0) is 10.3 Å². The predicted molar refractivity (Wildman–Crippen MR) is 89.7 cm³/mol. The topological polar surface area (TPSA) is 78.4 Å². The molecule has 2 amide bonds. The van der Waals surface area contributed by atoms with E-state index in [0.717, 1.165) is 10.0 Å². The molecular weight excluding hydrogens is 348 g/mol. The Hall–Kier alpha value is -1.56. The van der Waals surface area contributed by atoms with Crippen molar-refractivity contribution in [2.24, 2.45) is 5.92 Å². The van der Waals surface area contributed by atoms with E-state index in [1.165, 1.54) is 0 Å². The Bertz CT molecular complexity index is 517. The third-order valence-electron chi connectivity index (χ3n) is 3.82. The molecule has 1 aromatic rings. The van der Waals surface area contributed by atoms with E-state index < -0.39 is 11.5 Å². The van der Waals surface area contributed by atoms with Crippen LogP contribution >= 0.6 is 15.9 Å². The number of aliphatic carboxylic acids is 1. The predicted octanol–water partition coefficient (Wildman–Crippen LogP) is 3.48. The van der Waals surface area contributed by atoms with E-state index in [1.807, 2.05) is 45.0 Å². The fraction of sp³-hybridized carbons (Fsp3) is 0.500. The van der Waals surface area contributed by atoms with E-state index in [2.05, 4.69) is 26.6 Å². The van der Waals surface area contributed by atoms with Crippen molar-refractivity contribution in [3.8, 4) is 0 Å². The fourth-order valence-electron chi connectivity index (χ4n) is 2.07. The lowest BCUT2D eigenvalue weighted by Crippen LogP contribution is -2.51. The number of benzene rings is 1. The lowest BCUT2D eigenvalue weighted by molar-refractivity contribution is -0.137. The van der Waals surface area contributed by atoms with Crippen molar-refractivity contribution >= 4 is 27.9 Å². The molecule has 0 saturated carbocycles. The quantitative estimate of drug-likeness (QED) is 0.642. The number of carbonyl (C=O) groups excluding carboxylic acids is 1. The second-order valence-corrected chi connectivity index (χ2v) is 6.66. The number of carboxylic acids is 1. The van der Waals surface area contributed by atoms with Gasteiger partial charge in [-0.1, -0.05) is 41.9 Å². The molecule has 6 heteroatoms. The van der Waals surface area contributed by atoms with E-state index in [0.29, 0.717) is 13.0 Å². The minimum Gasteiger partial charge on any atom is -0.481 e. The number of hydrogen-bond acceptors (Lipinski definition) is 2. The number of nitrogens with one attached hydrogen (secondary N) is 2. The van der Waals surface area contributed by atoms with Gasteiger partial charge in [-0.3, -0.25) is 4.79 Å². The van der Waals surface area contributed by atoms with Gasteiger partial charge in [0.15, 0.2) is 0 Å². The number of hydrogen-bond donors (Lipinski definition) is 3. The molecule has 3 N–H and O–H groups in total. The Balaban J connectivity index is 2.69. The molecule has 5 nitrogen and oxygen atoms in total. The van der Waals surface area contributed by atoms with Crippen LogP contribution in [0.5, 0.6) is 0 Å². The van der Waals surface area contributed by atoms with Gasteiger partial charge in [-0.25, -0.2) is 4.79 Å². The van der Waals surface area contributed by atoms with Gasteiger partial charge in [0.2, 0.25) is 0 Å². The summed E-state index contributed by atoms with van der Waals surface area (Å²) in [6.07, 6.45) is 0.466. The molecule has 0 radical (unpaired) electrons. The Morgan fingerprint density at radius 2 is 1.86 bits per heavy atom. The van der Waals surface area contributed by atoms with Crippen LogP contribution < -0.4 is 10.6 Å². The molecule has 0 fully saturated rings. The van der Waals surface area contributed by atoms with Crippen molar-refractivity contribution < 1.29 is 14.7 Å². The number of carboxylic acid groups (broad SMARTS) is 1. The summed E-state index contributed by atoms with van der Waals surface area (Å²) in [6, 6.07) is 7.57. The average Bonchev–Trinajstić information content (AvgIpc) is 2.43. The number of urea groups is 1. The Morgan fingerprint density at radius 1 is 1.27 bits per heavy atom. The monoisotopic (exact) mass is 370 g/mol. The lowest BCUT2D eigenvalue weighted by atomic mass is 9.82. The molecule has 0 aromatic heterocycles. The smallest absolute Gasteiger partial charge is 0.315 e. The first kappa shape index (κ1) is 18.5. The first-order chi connectivity index (χ1) is 10.3. The van der Waals surface area contributed by atoms with Crippen LogP contribution in [0.3, 0.4) is 0 Å². The standard InChI is InChI=1S/C16H23BrN2O3/c1-11(2)16(3,12-6-8-13(17)9-7-12)19-15(22)18-10-4-5-14(20)21/h6-9,11H,4-5,10H2,1-3H3,(H,20,21)(H2,18,19,22). The van der Waals surface area contributed by atoms with E-state index in [9.17, 15) is 9.59 Å². The molecule has 1 aromatic carbocycles. The number of rotatable bonds is 7. The van der Waals surface area contributed by atoms with Crippen molar-refractivity contribution in [2.45, 2.75) is 39.2 Å². The van der Waals surface area contributed by atoms with Gasteiger partial charge in [0.05, 0.1) is 5.54 Å². The van der Waals surface area contributed by atoms with Crippen molar-refractivity contribution in [3.05, 3.63) is 34.3 Å². The Labute approximate surface area is 139 Å². The molecule has 0 spiro atoms. The molecule has 1 unspecified atom stereocenters. The SMILES string of the molecule is CC(C)C(C)(NC(=O)NCCCC(=O)O)c1ccc(Br)cc1. The van der Waals surface area contributed by atoms with Gasteiger partial charge < -0.3 is 15.7 Å². The van der Waals surface area contributed by atoms with E-state index in [-0.39, 0.29) is 18.4 Å². The maximum Gasteiger partial charge on any atom is 0.315 e. The van der Waals surface area contributed by atoms with E-state index in [4.69, 9.17) is 5.11 Å². The summed E-state index contributed by atoms with van der Waals surface area (Å²) in [5, 5.41) is 14.3. The highest BCUT2D eigenvalue weighted by molar-refractivity contribution is 9.10. The molecule has 0 aliphatic heterocycles. The first-order valence-corrected chi connectivity index (χ1v) is 8.09. The van der Waals surface area contributed by atoms with Crippen molar-refractivity contribution in [1.82, 2.24) is 10.6 Å². The molecule has 0 saturated heterocycles. The minimum absolute atomic E-state index is 0.0500. The normalized spacial score (nSPS) is 13.5. The number of halogens is 1. The maximum absolute atomic E-state index is 12.1. The number of amides is 2. The lowest BCUT2D eigenvalue weighted by Gasteiger charge is -2.35. The molecule has 0 aliphatic rings. The van der Waals surface area contributed by atoms with Crippen LogP contribution in [0, 0.1) is 5.92 Å². The van der Waals surface area contributed by atoms with Gasteiger partial charge in [0.25, 0.3) is 0 Å². The molecule has 1 atom stereocenters. The molecule has 0 heterocycles. The summed E-state index contributed by atoms with van der Waals surface area (Å²) in [5.74, 6) is -0.664. The van der Waals surface area contributed by atoms with Gasteiger partial charge in [-0.05, 0) is 37.0 Å². The molecule has 0 bridgehead atoms. The largest absolute Gasteiger partial charge is 0.481 e.